The topological polar surface area (TPSA) is 34.9 Å². The van der Waals surface area contributed by atoms with E-state index in [9.17, 15) is 18.0 Å². The number of hydrogen-bond donors (Lipinski definition) is 0. The summed E-state index contributed by atoms with van der Waals surface area (Å²) in [6.07, 6.45) is -5.66. The normalized spacial score (nSPS) is 20.1. The van der Waals surface area contributed by atoms with Gasteiger partial charge in [0.25, 0.3) is 0 Å². The zero-order valence-corrected chi connectivity index (χ0v) is 12.8. The Morgan fingerprint density at radius 3 is 2.50 bits per heavy atom. The standard InChI is InChI=1S/C18H13F3N2O/c1-17(10-18(19,20)21)12-7-3-2-6-11(12)15-22-13-8-4-5-9-14(13)23(15)16(17)24/h2-9H,10H2,1H3. The van der Waals surface area contributed by atoms with Gasteiger partial charge in [0, 0.05) is 5.56 Å². The molecule has 0 saturated carbocycles. The average Bonchev–Trinajstić information content (AvgIpc) is 2.91. The summed E-state index contributed by atoms with van der Waals surface area (Å²) in [4.78, 5) is 17.5. The van der Waals surface area contributed by atoms with Crippen LogP contribution in [0.1, 0.15) is 23.7 Å². The summed E-state index contributed by atoms with van der Waals surface area (Å²) < 4.78 is 40.9. The van der Waals surface area contributed by atoms with E-state index in [-0.39, 0.29) is 0 Å². The molecule has 1 aromatic heterocycles. The van der Waals surface area contributed by atoms with Gasteiger partial charge < -0.3 is 0 Å². The molecule has 1 atom stereocenters. The molecule has 1 aliphatic heterocycles. The number of hydrogen-bond acceptors (Lipinski definition) is 2. The fourth-order valence-electron chi connectivity index (χ4n) is 3.51. The molecule has 24 heavy (non-hydrogen) atoms. The monoisotopic (exact) mass is 330 g/mol. The smallest absolute Gasteiger partial charge is 0.273 e. The van der Waals surface area contributed by atoms with Crippen LogP contribution in [0.4, 0.5) is 13.2 Å². The molecule has 3 nitrogen and oxygen atoms in total. The highest BCUT2D eigenvalue weighted by atomic mass is 19.4. The highest BCUT2D eigenvalue weighted by Gasteiger charge is 2.50. The molecule has 122 valence electrons. The van der Waals surface area contributed by atoms with Crippen molar-refractivity contribution in [3.05, 3.63) is 54.1 Å². The zero-order chi connectivity index (χ0) is 17.1. The van der Waals surface area contributed by atoms with Gasteiger partial charge in [0.1, 0.15) is 5.82 Å². The molecule has 6 heteroatoms. The van der Waals surface area contributed by atoms with Crippen molar-refractivity contribution in [2.45, 2.75) is 24.9 Å². The second-order valence-electron chi connectivity index (χ2n) is 6.23. The van der Waals surface area contributed by atoms with Crippen molar-refractivity contribution in [1.29, 1.82) is 0 Å². The molecule has 0 aliphatic carbocycles. The van der Waals surface area contributed by atoms with Gasteiger partial charge in [-0.15, -0.1) is 0 Å². The van der Waals surface area contributed by atoms with Gasteiger partial charge in [-0.25, -0.2) is 4.98 Å². The van der Waals surface area contributed by atoms with Gasteiger partial charge in [-0.05, 0) is 24.6 Å². The number of rotatable bonds is 1. The van der Waals surface area contributed by atoms with Crippen molar-refractivity contribution >= 4 is 16.9 Å². The van der Waals surface area contributed by atoms with E-state index in [1.165, 1.54) is 11.5 Å². The molecule has 0 fully saturated rings. The maximum Gasteiger partial charge on any atom is 0.390 e. The Labute approximate surface area is 135 Å². The second kappa shape index (κ2) is 4.69. The predicted molar refractivity (Wildman–Crippen MR) is 83.8 cm³/mol. The molecule has 0 N–H and O–H groups in total. The molecule has 0 amide bonds. The van der Waals surface area contributed by atoms with Gasteiger partial charge >= 0.3 is 6.18 Å². The lowest BCUT2D eigenvalue weighted by Crippen LogP contribution is -2.43. The third kappa shape index (κ3) is 1.99. The van der Waals surface area contributed by atoms with Crippen LogP contribution < -0.4 is 0 Å². The average molecular weight is 330 g/mol. The van der Waals surface area contributed by atoms with Crippen LogP contribution in [0, 0.1) is 0 Å². The van der Waals surface area contributed by atoms with Gasteiger partial charge in [-0.3, -0.25) is 9.36 Å². The van der Waals surface area contributed by atoms with Crippen LogP contribution in [0.15, 0.2) is 48.5 Å². The Hall–Kier alpha value is -2.63. The quantitative estimate of drug-likeness (QED) is 0.655. The number of nitrogens with zero attached hydrogens (tertiary/aromatic N) is 2. The summed E-state index contributed by atoms with van der Waals surface area (Å²) in [5.74, 6) is -0.196. The molecule has 1 aliphatic rings. The molecule has 1 unspecified atom stereocenters. The first-order chi connectivity index (χ1) is 11.3. The lowest BCUT2D eigenvalue weighted by Gasteiger charge is -2.35. The molecule has 0 saturated heterocycles. The predicted octanol–water partition coefficient (Wildman–Crippen LogP) is 4.57. The molecule has 0 spiro atoms. The summed E-state index contributed by atoms with van der Waals surface area (Å²) in [6.45, 7) is 1.36. The summed E-state index contributed by atoms with van der Waals surface area (Å²) in [6, 6.07) is 13.7. The summed E-state index contributed by atoms with van der Waals surface area (Å²) in [5, 5.41) is 0. The first-order valence-electron chi connectivity index (χ1n) is 7.50. The van der Waals surface area contributed by atoms with Crippen molar-refractivity contribution in [2.75, 3.05) is 0 Å². The molecule has 0 radical (unpaired) electrons. The molecular formula is C18H13F3N2O. The van der Waals surface area contributed by atoms with E-state index in [4.69, 9.17) is 0 Å². The summed E-state index contributed by atoms with van der Waals surface area (Å²) >= 11 is 0. The third-order valence-corrected chi connectivity index (χ3v) is 4.55. The van der Waals surface area contributed by atoms with Crippen LogP contribution in [-0.2, 0) is 5.41 Å². The first-order valence-corrected chi connectivity index (χ1v) is 7.50. The van der Waals surface area contributed by atoms with E-state index in [1.54, 1.807) is 48.5 Å². The molecule has 2 aromatic carbocycles. The van der Waals surface area contributed by atoms with Crippen molar-refractivity contribution in [1.82, 2.24) is 9.55 Å². The third-order valence-electron chi connectivity index (χ3n) is 4.55. The Morgan fingerprint density at radius 1 is 1.08 bits per heavy atom. The number of benzene rings is 2. The number of aromatic nitrogens is 2. The molecule has 3 aromatic rings. The first kappa shape index (κ1) is 14.9. The summed E-state index contributed by atoms with van der Waals surface area (Å²) in [7, 11) is 0. The van der Waals surface area contributed by atoms with Crippen molar-refractivity contribution in [3.8, 4) is 11.4 Å². The van der Waals surface area contributed by atoms with Crippen LogP contribution in [0.5, 0.6) is 0 Å². The number of imidazole rings is 1. The van der Waals surface area contributed by atoms with Gasteiger partial charge in [0.05, 0.1) is 22.9 Å². The van der Waals surface area contributed by atoms with E-state index < -0.39 is 23.9 Å². The largest absolute Gasteiger partial charge is 0.390 e. The van der Waals surface area contributed by atoms with Gasteiger partial charge in [-0.1, -0.05) is 36.4 Å². The number of carbonyl (C=O) groups excluding carboxylic acids is 1. The molecular weight excluding hydrogens is 317 g/mol. The van der Waals surface area contributed by atoms with Crippen LogP contribution in [0.25, 0.3) is 22.4 Å². The van der Waals surface area contributed by atoms with Crippen LogP contribution >= 0.6 is 0 Å². The van der Waals surface area contributed by atoms with Crippen molar-refractivity contribution in [2.24, 2.45) is 0 Å². The minimum Gasteiger partial charge on any atom is -0.273 e. The fourth-order valence-corrected chi connectivity index (χ4v) is 3.51. The van der Waals surface area contributed by atoms with Gasteiger partial charge in [0.2, 0.25) is 5.91 Å². The lowest BCUT2D eigenvalue weighted by atomic mass is 9.74. The number of carbonyl (C=O) groups is 1. The molecule has 4 rings (SSSR count). The fraction of sp³-hybridized carbons (Fsp3) is 0.222. The summed E-state index contributed by atoms with van der Waals surface area (Å²) in [5.41, 5.74) is 0.383. The molecule has 2 heterocycles. The van der Waals surface area contributed by atoms with E-state index in [0.29, 0.717) is 28.0 Å². The van der Waals surface area contributed by atoms with Gasteiger partial charge in [-0.2, -0.15) is 13.2 Å². The zero-order valence-electron chi connectivity index (χ0n) is 12.8. The lowest BCUT2D eigenvalue weighted by molar-refractivity contribution is -0.144. The van der Waals surface area contributed by atoms with E-state index in [1.807, 2.05) is 0 Å². The number of para-hydroxylation sites is 2. The highest BCUT2D eigenvalue weighted by molar-refractivity contribution is 6.04. The number of alkyl halides is 3. The Bertz CT molecular complexity index is 974. The minimum atomic E-state index is -4.45. The highest BCUT2D eigenvalue weighted by Crippen LogP contribution is 2.46. The second-order valence-corrected chi connectivity index (χ2v) is 6.23. The molecule has 0 bridgehead atoms. The van der Waals surface area contributed by atoms with E-state index in [0.717, 1.165) is 0 Å². The van der Waals surface area contributed by atoms with E-state index in [2.05, 4.69) is 4.98 Å². The Balaban J connectivity index is 2.07. The number of fused-ring (bicyclic) bond motifs is 5. The maximum atomic E-state index is 13.2. The Kier molecular flexibility index (Phi) is 2.92. The van der Waals surface area contributed by atoms with Crippen LogP contribution in [-0.4, -0.2) is 21.6 Å². The Morgan fingerprint density at radius 2 is 1.75 bits per heavy atom. The van der Waals surface area contributed by atoms with Crippen LogP contribution in [0.3, 0.4) is 0 Å². The minimum absolute atomic E-state index is 0.370. The van der Waals surface area contributed by atoms with Crippen molar-refractivity contribution < 1.29 is 18.0 Å². The SMILES string of the molecule is CC1(CC(F)(F)F)C(=O)n2c(nc3ccccc32)-c2ccccc21. The van der Waals surface area contributed by atoms with Crippen molar-refractivity contribution in [3.63, 3.8) is 0 Å². The van der Waals surface area contributed by atoms with Crippen LogP contribution in [0.2, 0.25) is 0 Å². The maximum absolute atomic E-state index is 13.2. The number of halogens is 3. The van der Waals surface area contributed by atoms with Gasteiger partial charge in [0.15, 0.2) is 0 Å². The van der Waals surface area contributed by atoms with E-state index >= 15 is 0 Å².